The first-order valence-corrected chi connectivity index (χ1v) is 15.4. The van der Waals surface area contributed by atoms with Gasteiger partial charge in [0.25, 0.3) is 21.2 Å². The van der Waals surface area contributed by atoms with Crippen molar-refractivity contribution in [3.8, 4) is 5.75 Å². The van der Waals surface area contributed by atoms with Crippen LogP contribution in [0.5, 0.6) is 5.75 Å². The first-order valence-electron chi connectivity index (χ1n) is 12.1. The van der Waals surface area contributed by atoms with E-state index in [4.69, 9.17) is 4.74 Å². The van der Waals surface area contributed by atoms with Crippen molar-refractivity contribution in [1.82, 2.24) is 9.21 Å². The van der Waals surface area contributed by atoms with Crippen molar-refractivity contribution in [1.29, 1.82) is 0 Å². The Labute approximate surface area is 221 Å². The number of hydrogen-bond acceptors (Lipinski definition) is 8. The van der Waals surface area contributed by atoms with Gasteiger partial charge in [0.2, 0.25) is 0 Å². The Balaban J connectivity index is 1.91. The first kappa shape index (κ1) is 28.6. The number of ether oxygens (including phenoxy) is 1. The number of likely N-dealkylation sites (N-methyl/N-ethyl adjacent to an activating group) is 2. The molecular weight excluding hydrogens is 522 g/mol. The minimum absolute atomic E-state index is 0.0837. The molecule has 0 aliphatic carbocycles. The first-order chi connectivity index (χ1) is 16.8. The van der Waals surface area contributed by atoms with Crippen LogP contribution in [-0.4, -0.2) is 77.9 Å². The molecule has 2 aliphatic rings. The summed E-state index contributed by atoms with van der Waals surface area (Å²) in [5, 5.41) is 12.5. The maximum absolute atomic E-state index is 13.0. The van der Waals surface area contributed by atoms with Gasteiger partial charge in [0, 0.05) is 39.0 Å². The summed E-state index contributed by atoms with van der Waals surface area (Å²) in [6.07, 6.45) is 2.54. The fourth-order valence-electron chi connectivity index (χ4n) is 4.57. The number of nitrogens with zero attached hydrogens (tertiary/aromatic N) is 5. The van der Waals surface area contributed by atoms with Crippen LogP contribution in [0.1, 0.15) is 48.0 Å². The molecule has 1 aromatic heterocycles. The SMILES string of the molecule is CCN(CC)S(=O)(=O)c1scc(N(C)C2=NS(=O)N=C2N(C)[C@H](C(C)C)C2CC(C(C)C)=CO2)c1O. The van der Waals surface area contributed by atoms with E-state index in [-0.39, 0.29) is 39.5 Å². The Morgan fingerprint density at radius 3 is 2.31 bits per heavy atom. The maximum atomic E-state index is 13.0. The molecule has 2 aliphatic heterocycles. The number of rotatable bonds is 9. The molecule has 0 spiro atoms. The predicted octanol–water partition coefficient (Wildman–Crippen LogP) is 3.59. The molecule has 10 nitrogen and oxygen atoms in total. The van der Waals surface area contributed by atoms with E-state index in [1.54, 1.807) is 26.3 Å². The number of amidine groups is 2. The van der Waals surface area contributed by atoms with Crippen molar-refractivity contribution in [2.24, 2.45) is 20.6 Å². The Kier molecular flexibility index (Phi) is 8.90. The lowest BCUT2D eigenvalue weighted by molar-refractivity contribution is 0.0711. The van der Waals surface area contributed by atoms with E-state index < -0.39 is 21.2 Å². The van der Waals surface area contributed by atoms with Crippen molar-refractivity contribution in [2.45, 2.75) is 64.3 Å². The second kappa shape index (κ2) is 11.2. The monoisotopic (exact) mass is 559 g/mol. The number of anilines is 1. The van der Waals surface area contributed by atoms with E-state index in [0.717, 1.165) is 17.8 Å². The van der Waals surface area contributed by atoms with Crippen LogP contribution in [0.3, 0.4) is 0 Å². The molecule has 0 saturated heterocycles. The van der Waals surface area contributed by atoms with Crippen molar-refractivity contribution in [2.75, 3.05) is 32.1 Å². The van der Waals surface area contributed by atoms with Gasteiger partial charge in [0.1, 0.15) is 6.10 Å². The molecule has 0 aromatic carbocycles. The summed E-state index contributed by atoms with van der Waals surface area (Å²) in [6.45, 7) is 12.6. The van der Waals surface area contributed by atoms with Gasteiger partial charge in [0.15, 0.2) is 21.6 Å². The molecule has 36 heavy (non-hydrogen) atoms. The molecule has 1 N–H and O–H groups in total. The minimum Gasteiger partial charge on any atom is -0.504 e. The fraction of sp³-hybridized carbons (Fsp3) is 0.652. The normalized spacial score (nSPS) is 21.0. The van der Waals surface area contributed by atoms with Gasteiger partial charge in [-0.05, 0) is 17.4 Å². The van der Waals surface area contributed by atoms with Gasteiger partial charge in [-0.25, -0.2) is 12.6 Å². The molecule has 2 unspecified atom stereocenters. The molecule has 3 atom stereocenters. The van der Waals surface area contributed by atoms with Crippen LogP contribution < -0.4 is 4.90 Å². The van der Waals surface area contributed by atoms with E-state index in [2.05, 4.69) is 36.5 Å². The highest BCUT2D eigenvalue weighted by molar-refractivity contribution is 7.91. The third-order valence-corrected chi connectivity index (χ3v) is 10.8. The molecule has 3 heterocycles. The van der Waals surface area contributed by atoms with Crippen LogP contribution >= 0.6 is 11.3 Å². The van der Waals surface area contributed by atoms with Crippen LogP contribution in [-0.2, 0) is 25.9 Å². The van der Waals surface area contributed by atoms with Crippen molar-refractivity contribution < 1.29 is 22.5 Å². The Hall–Kier alpha value is -1.96. The third kappa shape index (κ3) is 5.34. The Morgan fingerprint density at radius 2 is 1.78 bits per heavy atom. The summed E-state index contributed by atoms with van der Waals surface area (Å²) in [7, 11) is -0.326. The summed E-state index contributed by atoms with van der Waals surface area (Å²) in [4.78, 5) is 3.47. The molecule has 3 rings (SSSR count). The second-order valence-electron chi connectivity index (χ2n) is 9.54. The highest BCUT2D eigenvalue weighted by Crippen LogP contribution is 2.41. The van der Waals surface area contributed by atoms with Gasteiger partial charge in [-0.2, -0.15) is 4.31 Å². The third-order valence-electron chi connectivity index (χ3n) is 6.62. The van der Waals surface area contributed by atoms with Crippen LogP contribution in [0.4, 0.5) is 5.69 Å². The molecular formula is C23H37N5O5S3. The summed E-state index contributed by atoms with van der Waals surface area (Å²) >= 11 is -0.895. The van der Waals surface area contributed by atoms with Gasteiger partial charge < -0.3 is 19.6 Å². The molecule has 13 heteroatoms. The van der Waals surface area contributed by atoms with Gasteiger partial charge in [0.05, 0.1) is 18.0 Å². The number of hydrogen-bond donors (Lipinski definition) is 1. The van der Waals surface area contributed by atoms with Crippen LogP contribution in [0.25, 0.3) is 0 Å². The fourth-order valence-corrected chi connectivity index (χ4v) is 8.23. The Bertz CT molecular complexity index is 1180. The zero-order chi connectivity index (χ0) is 26.9. The average molecular weight is 560 g/mol. The van der Waals surface area contributed by atoms with E-state index in [9.17, 15) is 17.7 Å². The smallest absolute Gasteiger partial charge is 0.269 e. The summed E-state index contributed by atoms with van der Waals surface area (Å²) < 4.78 is 54.2. The topological polar surface area (TPSA) is 115 Å². The Morgan fingerprint density at radius 1 is 1.17 bits per heavy atom. The van der Waals surface area contributed by atoms with Crippen molar-refractivity contribution in [3.63, 3.8) is 0 Å². The zero-order valence-corrected chi connectivity index (χ0v) is 24.6. The van der Waals surface area contributed by atoms with Crippen molar-refractivity contribution in [3.05, 3.63) is 17.2 Å². The quantitative estimate of drug-likeness (QED) is 0.492. The molecule has 0 amide bonds. The highest BCUT2D eigenvalue weighted by atomic mass is 32.2. The van der Waals surface area contributed by atoms with Gasteiger partial charge in [-0.1, -0.05) is 41.5 Å². The second-order valence-corrected chi connectivity index (χ2v) is 13.4. The van der Waals surface area contributed by atoms with E-state index in [1.165, 1.54) is 14.8 Å². The lowest BCUT2D eigenvalue weighted by Crippen LogP contribution is -2.52. The van der Waals surface area contributed by atoms with Crippen LogP contribution in [0.15, 0.2) is 30.2 Å². The minimum atomic E-state index is -3.84. The molecule has 0 radical (unpaired) electrons. The van der Waals surface area contributed by atoms with Crippen molar-refractivity contribution >= 4 is 49.9 Å². The van der Waals surface area contributed by atoms with Gasteiger partial charge in [-0.15, -0.1) is 20.1 Å². The van der Waals surface area contributed by atoms with E-state index >= 15 is 0 Å². The van der Waals surface area contributed by atoms with Gasteiger partial charge >= 0.3 is 0 Å². The van der Waals surface area contributed by atoms with Crippen LogP contribution in [0.2, 0.25) is 0 Å². The largest absolute Gasteiger partial charge is 0.504 e. The molecule has 0 saturated carbocycles. The van der Waals surface area contributed by atoms with Crippen LogP contribution in [0, 0.1) is 11.8 Å². The zero-order valence-electron chi connectivity index (χ0n) is 22.1. The molecule has 1 aromatic rings. The maximum Gasteiger partial charge on any atom is 0.269 e. The summed E-state index contributed by atoms with van der Waals surface area (Å²) in [5.74, 6) is 0.896. The van der Waals surface area contributed by atoms with Gasteiger partial charge in [-0.3, -0.25) is 0 Å². The summed E-state index contributed by atoms with van der Waals surface area (Å²) in [6, 6.07) is -0.0837. The lowest BCUT2D eigenvalue weighted by Gasteiger charge is -2.37. The number of aromatic hydroxyl groups is 1. The van der Waals surface area contributed by atoms with E-state index in [1.807, 2.05) is 18.2 Å². The molecule has 0 fully saturated rings. The standard InChI is InChI=1S/C23H37N5O5S3/c1-9-28(10-2)36(31,32)23-20(29)17(13-34-23)26(7)21-22(25-35(30)24-21)27(8)19(15(5)6)18-11-16(12-33-18)14(3)4/h12-15,18-19,29H,9-11H2,1-8H3/t18?,19-,35?/m1/s1. The molecule has 202 valence electrons. The lowest BCUT2D eigenvalue weighted by atomic mass is 9.91. The average Bonchev–Trinajstić information content (AvgIpc) is 3.52. The predicted molar refractivity (Wildman–Crippen MR) is 146 cm³/mol. The number of sulfonamides is 1. The summed E-state index contributed by atoms with van der Waals surface area (Å²) in [5.41, 5.74) is 1.50. The molecule has 0 bridgehead atoms. The number of thiophene rings is 1. The van der Waals surface area contributed by atoms with E-state index in [0.29, 0.717) is 24.8 Å². The highest BCUT2D eigenvalue weighted by Gasteiger charge is 2.39.